The monoisotopic (exact) mass is 352 g/mol. The summed E-state index contributed by atoms with van der Waals surface area (Å²) in [4.78, 5) is 0. The number of hydrogen-bond donors (Lipinski definition) is 1. The number of fused-ring (bicyclic) bond motifs is 1. The van der Waals surface area contributed by atoms with Gasteiger partial charge in [0.25, 0.3) is 0 Å². The van der Waals surface area contributed by atoms with E-state index < -0.39 is 0 Å². The molecule has 2 heteroatoms. The van der Waals surface area contributed by atoms with E-state index in [9.17, 15) is 5.11 Å². The van der Waals surface area contributed by atoms with E-state index >= 15 is 0 Å². The zero-order chi connectivity index (χ0) is 19.1. The summed E-state index contributed by atoms with van der Waals surface area (Å²) in [5.74, 6) is 1.46. The van der Waals surface area contributed by atoms with Crippen molar-refractivity contribution >= 4 is 0 Å². The van der Waals surface area contributed by atoms with E-state index in [4.69, 9.17) is 4.74 Å². The topological polar surface area (TPSA) is 29.5 Å². The van der Waals surface area contributed by atoms with Crippen LogP contribution in [-0.4, -0.2) is 10.7 Å². The second-order valence-corrected chi connectivity index (χ2v) is 8.40. The summed E-state index contributed by atoms with van der Waals surface area (Å²) in [6.45, 7) is 13.1. The van der Waals surface area contributed by atoms with Crippen LogP contribution in [0.15, 0.2) is 30.3 Å². The van der Waals surface area contributed by atoms with Crippen LogP contribution in [0.3, 0.4) is 0 Å². The van der Waals surface area contributed by atoms with Crippen molar-refractivity contribution in [3.63, 3.8) is 0 Å². The van der Waals surface area contributed by atoms with Crippen LogP contribution < -0.4 is 4.74 Å². The molecule has 0 spiro atoms. The van der Waals surface area contributed by atoms with Crippen LogP contribution in [0.1, 0.15) is 75.8 Å². The van der Waals surface area contributed by atoms with Gasteiger partial charge in [-0.05, 0) is 61.4 Å². The van der Waals surface area contributed by atoms with Gasteiger partial charge in [0.1, 0.15) is 17.1 Å². The summed E-state index contributed by atoms with van der Waals surface area (Å²) < 4.78 is 6.32. The largest absolute Gasteiger partial charge is 0.507 e. The van der Waals surface area contributed by atoms with Gasteiger partial charge in [0, 0.05) is 17.4 Å². The molecule has 0 fully saturated rings. The fourth-order valence-corrected chi connectivity index (χ4v) is 4.47. The van der Waals surface area contributed by atoms with Crippen LogP contribution in [-0.2, 0) is 24.7 Å². The van der Waals surface area contributed by atoms with Crippen molar-refractivity contribution in [3.05, 3.63) is 58.1 Å². The molecule has 1 atom stereocenters. The lowest BCUT2D eigenvalue weighted by molar-refractivity contribution is 0.0582. The highest BCUT2D eigenvalue weighted by Crippen LogP contribution is 2.50. The highest BCUT2D eigenvalue weighted by Gasteiger charge is 2.43. The molecule has 0 saturated heterocycles. The SMILES string of the molecule is CCc1ccc2c(c1)C(C)(c1cc(CC)c(O)c(CC)c1)CC(C)(C)O2. The van der Waals surface area contributed by atoms with Gasteiger partial charge in [-0.25, -0.2) is 0 Å². The van der Waals surface area contributed by atoms with Crippen LogP contribution in [0.25, 0.3) is 0 Å². The van der Waals surface area contributed by atoms with E-state index in [1.807, 2.05) is 0 Å². The third-order valence-corrected chi connectivity index (χ3v) is 5.88. The van der Waals surface area contributed by atoms with E-state index in [0.717, 1.165) is 42.6 Å². The molecule has 1 unspecified atom stereocenters. The molecule has 1 aliphatic heterocycles. The number of benzene rings is 2. The van der Waals surface area contributed by atoms with E-state index in [1.54, 1.807) is 0 Å². The maximum absolute atomic E-state index is 10.6. The molecule has 26 heavy (non-hydrogen) atoms. The molecule has 0 aliphatic carbocycles. The maximum atomic E-state index is 10.6. The molecule has 0 amide bonds. The normalized spacial score (nSPS) is 21.2. The van der Waals surface area contributed by atoms with Crippen LogP contribution in [0.2, 0.25) is 0 Å². The predicted molar refractivity (Wildman–Crippen MR) is 108 cm³/mol. The van der Waals surface area contributed by atoms with E-state index in [-0.39, 0.29) is 11.0 Å². The quantitative estimate of drug-likeness (QED) is 0.737. The first-order valence-electron chi connectivity index (χ1n) is 9.91. The van der Waals surface area contributed by atoms with Crippen LogP contribution in [0, 0.1) is 0 Å². The lowest BCUT2D eigenvalue weighted by Gasteiger charge is -2.45. The molecule has 1 heterocycles. The molecular weight excluding hydrogens is 320 g/mol. The lowest BCUT2D eigenvalue weighted by Crippen LogP contribution is -2.43. The van der Waals surface area contributed by atoms with Gasteiger partial charge in [-0.3, -0.25) is 0 Å². The first-order valence-corrected chi connectivity index (χ1v) is 9.91. The lowest BCUT2D eigenvalue weighted by atomic mass is 9.67. The van der Waals surface area contributed by atoms with E-state index in [0.29, 0.717) is 5.75 Å². The van der Waals surface area contributed by atoms with Crippen molar-refractivity contribution in [2.45, 2.75) is 78.2 Å². The fourth-order valence-electron chi connectivity index (χ4n) is 4.47. The molecule has 1 N–H and O–H groups in total. The van der Waals surface area contributed by atoms with Gasteiger partial charge in [-0.2, -0.15) is 0 Å². The van der Waals surface area contributed by atoms with Crippen LogP contribution in [0.5, 0.6) is 11.5 Å². The maximum Gasteiger partial charge on any atom is 0.124 e. The Balaban J connectivity index is 2.26. The minimum atomic E-state index is -0.230. The second-order valence-electron chi connectivity index (χ2n) is 8.40. The Morgan fingerprint density at radius 3 is 2.08 bits per heavy atom. The molecule has 0 aromatic heterocycles. The zero-order valence-corrected chi connectivity index (χ0v) is 17.1. The highest BCUT2D eigenvalue weighted by molar-refractivity contribution is 5.54. The summed E-state index contributed by atoms with van der Waals surface area (Å²) in [7, 11) is 0. The van der Waals surface area contributed by atoms with Crippen molar-refractivity contribution in [2.75, 3.05) is 0 Å². The van der Waals surface area contributed by atoms with Crippen LogP contribution >= 0.6 is 0 Å². The molecule has 2 aromatic carbocycles. The molecular formula is C24H32O2. The number of ether oxygens (including phenoxy) is 1. The Morgan fingerprint density at radius 1 is 0.923 bits per heavy atom. The molecule has 0 saturated carbocycles. The summed E-state index contributed by atoms with van der Waals surface area (Å²) in [6.07, 6.45) is 3.61. The molecule has 2 nitrogen and oxygen atoms in total. The van der Waals surface area contributed by atoms with Crippen molar-refractivity contribution in [1.29, 1.82) is 0 Å². The average Bonchev–Trinajstić information content (AvgIpc) is 2.60. The smallest absolute Gasteiger partial charge is 0.124 e. The number of phenolic OH excluding ortho intramolecular Hbond substituents is 1. The second kappa shape index (κ2) is 6.64. The van der Waals surface area contributed by atoms with Gasteiger partial charge >= 0.3 is 0 Å². The van der Waals surface area contributed by atoms with Gasteiger partial charge in [-0.15, -0.1) is 0 Å². The van der Waals surface area contributed by atoms with E-state index in [1.165, 1.54) is 16.7 Å². The van der Waals surface area contributed by atoms with Gasteiger partial charge in [0.05, 0.1) is 0 Å². The Kier molecular flexibility index (Phi) is 4.81. The number of rotatable bonds is 4. The molecule has 140 valence electrons. The molecule has 1 aliphatic rings. The predicted octanol–water partition coefficient (Wildman–Crippen LogP) is 5.95. The number of aryl methyl sites for hydroxylation is 3. The summed E-state index contributed by atoms with van der Waals surface area (Å²) in [5, 5.41) is 10.6. The Labute approximate surface area is 158 Å². The van der Waals surface area contributed by atoms with Gasteiger partial charge in [-0.1, -0.05) is 52.0 Å². The summed E-state index contributed by atoms with van der Waals surface area (Å²) in [5.41, 5.74) is 5.61. The highest BCUT2D eigenvalue weighted by atomic mass is 16.5. The molecule has 3 rings (SSSR count). The Hall–Kier alpha value is -1.96. The first-order chi connectivity index (χ1) is 12.2. The van der Waals surface area contributed by atoms with Crippen molar-refractivity contribution < 1.29 is 9.84 Å². The first kappa shape index (κ1) is 18.8. The summed E-state index contributed by atoms with van der Waals surface area (Å²) >= 11 is 0. The van der Waals surface area contributed by atoms with Crippen molar-refractivity contribution in [1.82, 2.24) is 0 Å². The van der Waals surface area contributed by atoms with Crippen molar-refractivity contribution in [2.24, 2.45) is 0 Å². The average molecular weight is 353 g/mol. The van der Waals surface area contributed by atoms with Crippen LogP contribution in [0.4, 0.5) is 0 Å². The standard InChI is InChI=1S/C24H32O2/c1-7-16-10-11-21-20(12-16)24(6,15-23(4,5)26-21)19-13-17(8-2)22(25)18(9-3)14-19/h10-14,25H,7-9,15H2,1-6H3. The molecule has 0 radical (unpaired) electrons. The molecule has 0 bridgehead atoms. The molecule has 2 aromatic rings. The Morgan fingerprint density at radius 2 is 1.54 bits per heavy atom. The third-order valence-electron chi connectivity index (χ3n) is 5.88. The Bertz CT molecular complexity index is 794. The van der Waals surface area contributed by atoms with Gasteiger partial charge in [0.2, 0.25) is 0 Å². The minimum Gasteiger partial charge on any atom is -0.507 e. The van der Waals surface area contributed by atoms with Crippen molar-refractivity contribution in [3.8, 4) is 11.5 Å². The minimum absolute atomic E-state index is 0.135. The number of aromatic hydroxyl groups is 1. The number of phenols is 1. The van der Waals surface area contributed by atoms with Gasteiger partial charge in [0.15, 0.2) is 0 Å². The number of hydrogen-bond acceptors (Lipinski definition) is 2. The van der Waals surface area contributed by atoms with Gasteiger partial charge < -0.3 is 9.84 Å². The zero-order valence-electron chi connectivity index (χ0n) is 17.1. The third kappa shape index (κ3) is 3.11. The fraction of sp³-hybridized carbons (Fsp3) is 0.500. The summed E-state index contributed by atoms with van der Waals surface area (Å²) in [6, 6.07) is 11.0. The van der Waals surface area contributed by atoms with E-state index in [2.05, 4.69) is 71.9 Å².